The van der Waals surface area contributed by atoms with Crippen molar-refractivity contribution < 1.29 is 23.8 Å². The number of aliphatic hydroxyl groups is 1. The lowest BCUT2D eigenvalue weighted by atomic mass is 10.2. The summed E-state index contributed by atoms with van der Waals surface area (Å²) in [5.41, 5.74) is 0.214. The Balaban J connectivity index is 1.73. The Morgan fingerprint density at radius 3 is 2.66 bits per heavy atom. The van der Waals surface area contributed by atoms with Gasteiger partial charge in [-0.3, -0.25) is 9.59 Å². The average Bonchev–Trinajstić information content (AvgIpc) is 3.19. The summed E-state index contributed by atoms with van der Waals surface area (Å²) in [6, 6.07) is 10.1. The second kappa shape index (κ2) is 8.82. The van der Waals surface area contributed by atoms with Gasteiger partial charge in [-0.15, -0.1) is 0 Å². The van der Waals surface area contributed by atoms with Gasteiger partial charge in [-0.05, 0) is 30.3 Å². The number of aromatic nitrogens is 2. The lowest BCUT2D eigenvalue weighted by Crippen LogP contribution is -2.17. The smallest absolute Gasteiger partial charge is 0.276 e. The van der Waals surface area contributed by atoms with E-state index in [-0.39, 0.29) is 33.3 Å². The summed E-state index contributed by atoms with van der Waals surface area (Å²) in [7, 11) is 1.26. The van der Waals surface area contributed by atoms with E-state index in [2.05, 4.69) is 20.6 Å². The largest absolute Gasteiger partial charge is 0.363 e. The maximum absolute atomic E-state index is 14.4. The summed E-state index contributed by atoms with van der Waals surface area (Å²) < 4.78 is 19.1. The Labute approximate surface area is 169 Å². The number of hydrogen-bond acceptors (Lipinski definition) is 5. The number of methoxy groups -OCH3 is 1. The van der Waals surface area contributed by atoms with E-state index in [0.717, 1.165) is 6.07 Å². The Morgan fingerprint density at radius 1 is 1.21 bits per heavy atom. The van der Waals surface area contributed by atoms with E-state index in [1.165, 1.54) is 31.6 Å². The molecule has 2 amide bonds. The van der Waals surface area contributed by atoms with Crippen molar-refractivity contribution in [3.05, 3.63) is 76.6 Å². The molecule has 29 heavy (non-hydrogen) atoms. The molecule has 0 aliphatic rings. The van der Waals surface area contributed by atoms with Crippen molar-refractivity contribution in [2.24, 2.45) is 0 Å². The molecule has 0 radical (unpaired) electrons. The van der Waals surface area contributed by atoms with Gasteiger partial charge in [0.2, 0.25) is 0 Å². The van der Waals surface area contributed by atoms with Crippen LogP contribution in [-0.2, 0) is 4.74 Å². The Hall–Kier alpha value is -3.27. The van der Waals surface area contributed by atoms with E-state index >= 15 is 0 Å². The summed E-state index contributed by atoms with van der Waals surface area (Å²) in [4.78, 5) is 31.0. The topological polar surface area (TPSA) is 116 Å². The molecule has 4 N–H and O–H groups in total. The number of nitrogens with zero attached hydrogens (tertiary/aromatic N) is 1. The second-order valence-corrected chi connectivity index (χ2v) is 6.24. The first kappa shape index (κ1) is 20.5. The third-order valence-electron chi connectivity index (χ3n) is 3.95. The number of H-pyrrole nitrogens is 1. The molecule has 8 nitrogen and oxygen atoms in total. The van der Waals surface area contributed by atoms with E-state index < -0.39 is 23.9 Å². The number of anilines is 2. The highest BCUT2D eigenvalue weighted by Crippen LogP contribution is 2.23. The lowest BCUT2D eigenvalue weighted by molar-refractivity contribution is -0.0799. The fourth-order valence-corrected chi connectivity index (χ4v) is 2.73. The normalized spacial score (nSPS) is 11.7. The molecule has 150 valence electrons. The number of aromatic amines is 1. The molecule has 0 saturated heterocycles. The number of benzene rings is 2. The monoisotopic (exact) mass is 418 g/mol. The molecule has 0 aliphatic heterocycles. The van der Waals surface area contributed by atoms with Gasteiger partial charge >= 0.3 is 0 Å². The van der Waals surface area contributed by atoms with Crippen LogP contribution in [0, 0.1) is 5.82 Å². The minimum absolute atomic E-state index is 0.0640. The van der Waals surface area contributed by atoms with Crippen molar-refractivity contribution in [3.8, 4) is 0 Å². The van der Waals surface area contributed by atoms with Crippen LogP contribution in [0.4, 0.5) is 15.8 Å². The van der Waals surface area contributed by atoms with Crippen LogP contribution in [0.3, 0.4) is 0 Å². The van der Waals surface area contributed by atoms with E-state index in [0.29, 0.717) is 0 Å². The summed E-state index contributed by atoms with van der Waals surface area (Å²) in [6.45, 7) is 0. The number of carbonyl (C=O) groups is 2. The zero-order chi connectivity index (χ0) is 21.0. The number of halogens is 2. The molecule has 0 saturated carbocycles. The minimum Gasteiger partial charge on any atom is -0.363 e. The SMILES string of the molecule is COC(O)c1[nH]cnc1C(=O)Nc1ccc(NC(=O)c2ccccc2Cl)c(F)c1. The number of amides is 2. The molecule has 0 spiro atoms. The quantitative estimate of drug-likeness (QED) is 0.458. The van der Waals surface area contributed by atoms with Gasteiger partial charge in [-0.2, -0.15) is 0 Å². The maximum atomic E-state index is 14.4. The summed E-state index contributed by atoms with van der Waals surface area (Å²) >= 11 is 5.96. The fraction of sp³-hybridized carbons (Fsp3) is 0.105. The molecule has 0 aliphatic carbocycles. The third-order valence-corrected chi connectivity index (χ3v) is 4.28. The van der Waals surface area contributed by atoms with Crippen molar-refractivity contribution in [1.29, 1.82) is 0 Å². The van der Waals surface area contributed by atoms with Gasteiger partial charge in [0.15, 0.2) is 12.0 Å². The van der Waals surface area contributed by atoms with Gasteiger partial charge < -0.3 is 25.5 Å². The van der Waals surface area contributed by atoms with Crippen molar-refractivity contribution >= 4 is 34.8 Å². The van der Waals surface area contributed by atoms with Crippen LogP contribution >= 0.6 is 11.6 Å². The first-order chi connectivity index (χ1) is 13.9. The van der Waals surface area contributed by atoms with Crippen molar-refractivity contribution in [2.75, 3.05) is 17.7 Å². The molecule has 0 bridgehead atoms. The number of imidazole rings is 1. The molecule has 1 heterocycles. The Kier molecular flexibility index (Phi) is 6.23. The van der Waals surface area contributed by atoms with Crippen molar-refractivity contribution in [2.45, 2.75) is 6.29 Å². The van der Waals surface area contributed by atoms with E-state index in [4.69, 9.17) is 16.3 Å². The number of ether oxygens (including phenoxy) is 1. The van der Waals surface area contributed by atoms with Crippen molar-refractivity contribution in [3.63, 3.8) is 0 Å². The lowest BCUT2D eigenvalue weighted by Gasteiger charge is -2.11. The van der Waals surface area contributed by atoms with E-state index in [9.17, 15) is 19.1 Å². The first-order valence-corrected chi connectivity index (χ1v) is 8.69. The van der Waals surface area contributed by atoms with Gasteiger partial charge in [-0.1, -0.05) is 23.7 Å². The Bertz CT molecular complexity index is 1060. The number of rotatable bonds is 6. The molecule has 10 heteroatoms. The summed E-state index contributed by atoms with van der Waals surface area (Å²) in [5.74, 6) is -2.01. The van der Waals surface area contributed by atoms with Crippen LogP contribution in [0.25, 0.3) is 0 Å². The molecule has 1 unspecified atom stereocenters. The first-order valence-electron chi connectivity index (χ1n) is 8.31. The van der Waals surface area contributed by atoms with Gasteiger partial charge in [0, 0.05) is 12.8 Å². The molecule has 0 fully saturated rings. The van der Waals surface area contributed by atoms with Gasteiger partial charge in [-0.25, -0.2) is 9.37 Å². The molecule has 2 aromatic carbocycles. The zero-order valence-electron chi connectivity index (χ0n) is 15.1. The molecular formula is C19H16ClFN4O4. The van der Waals surface area contributed by atoms with Crippen LogP contribution in [0.2, 0.25) is 5.02 Å². The highest BCUT2D eigenvalue weighted by Gasteiger charge is 2.21. The van der Waals surface area contributed by atoms with E-state index in [1.54, 1.807) is 18.2 Å². The van der Waals surface area contributed by atoms with Crippen LogP contribution in [0.5, 0.6) is 0 Å². The molecule has 3 rings (SSSR count). The second-order valence-electron chi connectivity index (χ2n) is 5.84. The number of carbonyl (C=O) groups excluding carboxylic acids is 2. The molecule has 3 aromatic rings. The highest BCUT2D eigenvalue weighted by atomic mass is 35.5. The highest BCUT2D eigenvalue weighted by molar-refractivity contribution is 6.34. The van der Waals surface area contributed by atoms with Crippen LogP contribution in [0.1, 0.15) is 32.8 Å². The standard InChI is InChI=1S/C19H16ClFN4O4/c1-29-19(28)16-15(22-9-23-16)18(27)24-10-6-7-14(13(21)8-10)25-17(26)11-4-2-3-5-12(11)20/h2-9,19,28H,1H3,(H,22,23)(H,24,27)(H,25,26). The number of aliphatic hydroxyl groups excluding tert-OH is 1. The van der Waals surface area contributed by atoms with Gasteiger partial charge in [0.05, 0.1) is 22.6 Å². The fourth-order valence-electron chi connectivity index (χ4n) is 2.51. The van der Waals surface area contributed by atoms with Crippen molar-refractivity contribution in [1.82, 2.24) is 9.97 Å². The average molecular weight is 419 g/mol. The van der Waals surface area contributed by atoms with Crippen LogP contribution in [-0.4, -0.2) is 34.0 Å². The maximum Gasteiger partial charge on any atom is 0.276 e. The predicted molar refractivity (Wildman–Crippen MR) is 104 cm³/mol. The third kappa shape index (κ3) is 4.60. The Morgan fingerprint density at radius 2 is 1.97 bits per heavy atom. The van der Waals surface area contributed by atoms with Crippen LogP contribution < -0.4 is 10.6 Å². The zero-order valence-corrected chi connectivity index (χ0v) is 15.8. The predicted octanol–water partition coefficient (Wildman–Crippen LogP) is 3.34. The molecule has 1 atom stereocenters. The van der Waals surface area contributed by atoms with Gasteiger partial charge in [0.25, 0.3) is 11.8 Å². The van der Waals surface area contributed by atoms with Gasteiger partial charge in [0.1, 0.15) is 11.5 Å². The molecular weight excluding hydrogens is 403 g/mol. The number of nitrogens with one attached hydrogen (secondary N) is 3. The molecule has 1 aromatic heterocycles. The summed E-state index contributed by atoms with van der Waals surface area (Å²) in [6.07, 6.45) is -0.141. The van der Waals surface area contributed by atoms with E-state index in [1.807, 2.05) is 0 Å². The summed E-state index contributed by atoms with van der Waals surface area (Å²) in [5, 5.41) is 14.8. The minimum atomic E-state index is -1.36. The van der Waals surface area contributed by atoms with Crippen LogP contribution in [0.15, 0.2) is 48.8 Å². The number of hydrogen-bond donors (Lipinski definition) is 4.